The van der Waals surface area contributed by atoms with E-state index >= 15 is 0 Å². The van der Waals surface area contributed by atoms with Gasteiger partial charge in [-0.25, -0.2) is 4.79 Å². The summed E-state index contributed by atoms with van der Waals surface area (Å²) in [6.45, 7) is 0.978. The molecule has 1 saturated heterocycles. The van der Waals surface area contributed by atoms with Gasteiger partial charge in [0.05, 0.1) is 0 Å². The van der Waals surface area contributed by atoms with Crippen LogP contribution in [-0.4, -0.2) is 48.7 Å². The first kappa shape index (κ1) is 8.21. The van der Waals surface area contributed by atoms with Crippen molar-refractivity contribution in [2.45, 2.75) is 18.9 Å². The fraction of sp³-hybridized carbons (Fsp3) is 0.750. The standard InChI is InChI=1S/C4H8N2O5/c1-4(9)2(7)5(10)3(8)6(4)11/h2,7,9-11H,1H3. The quantitative estimate of drug-likeness (QED) is 0.327. The fourth-order valence-corrected chi connectivity index (χ4v) is 0.736. The molecule has 0 spiro atoms. The van der Waals surface area contributed by atoms with Gasteiger partial charge in [0.25, 0.3) is 0 Å². The second-order valence-electron chi connectivity index (χ2n) is 2.41. The Morgan fingerprint density at radius 3 is 2.09 bits per heavy atom. The highest BCUT2D eigenvalue weighted by Gasteiger charge is 2.53. The third kappa shape index (κ3) is 0.862. The average molecular weight is 164 g/mol. The van der Waals surface area contributed by atoms with Gasteiger partial charge in [0.15, 0.2) is 0 Å². The predicted molar refractivity (Wildman–Crippen MR) is 29.3 cm³/mol. The summed E-state index contributed by atoms with van der Waals surface area (Å²) >= 11 is 0. The number of hydroxylamine groups is 4. The van der Waals surface area contributed by atoms with Crippen LogP contribution in [0.15, 0.2) is 0 Å². The average Bonchev–Trinajstić information content (AvgIpc) is 2.06. The Hall–Kier alpha value is -0.890. The molecule has 0 aromatic carbocycles. The minimum absolute atomic E-state index is 0.155. The molecule has 64 valence electrons. The number of carbonyl (C=O) groups is 1. The molecule has 0 bridgehead atoms. The van der Waals surface area contributed by atoms with Crippen molar-refractivity contribution in [1.82, 2.24) is 10.1 Å². The molecule has 4 N–H and O–H groups in total. The lowest BCUT2D eigenvalue weighted by Gasteiger charge is -2.23. The molecule has 2 unspecified atom stereocenters. The Morgan fingerprint density at radius 2 is 2.00 bits per heavy atom. The topological polar surface area (TPSA) is 104 Å². The first-order valence-corrected chi connectivity index (χ1v) is 2.80. The first-order valence-electron chi connectivity index (χ1n) is 2.80. The Bertz CT molecular complexity index is 193. The maximum absolute atomic E-state index is 10.6. The lowest BCUT2D eigenvalue weighted by Crippen LogP contribution is -2.47. The van der Waals surface area contributed by atoms with Crippen LogP contribution in [0.5, 0.6) is 0 Å². The molecule has 0 aromatic rings. The van der Waals surface area contributed by atoms with E-state index in [0.717, 1.165) is 6.92 Å². The van der Waals surface area contributed by atoms with Crippen LogP contribution in [0.2, 0.25) is 0 Å². The van der Waals surface area contributed by atoms with Crippen LogP contribution < -0.4 is 0 Å². The van der Waals surface area contributed by atoms with Gasteiger partial charge in [-0.3, -0.25) is 10.4 Å². The summed E-state index contributed by atoms with van der Waals surface area (Å²) in [7, 11) is 0. The van der Waals surface area contributed by atoms with E-state index in [4.69, 9.17) is 20.6 Å². The van der Waals surface area contributed by atoms with Gasteiger partial charge in [-0.05, 0) is 6.92 Å². The van der Waals surface area contributed by atoms with Crippen LogP contribution in [0.3, 0.4) is 0 Å². The molecule has 0 radical (unpaired) electrons. The molecule has 0 aliphatic carbocycles. The predicted octanol–water partition coefficient (Wildman–Crippen LogP) is -1.47. The zero-order chi connectivity index (χ0) is 8.81. The molecule has 1 fully saturated rings. The number of rotatable bonds is 0. The van der Waals surface area contributed by atoms with E-state index in [0.29, 0.717) is 0 Å². The van der Waals surface area contributed by atoms with Crippen LogP contribution >= 0.6 is 0 Å². The maximum atomic E-state index is 10.6. The Balaban J connectivity index is 2.96. The number of hydrogen-bond acceptors (Lipinski definition) is 5. The van der Waals surface area contributed by atoms with Crippen LogP contribution in [0, 0.1) is 0 Å². The summed E-state index contributed by atoms with van der Waals surface area (Å²) in [5.74, 6) is 0. The second kappa shape index (κ2) is 2.05. The normalized spacial score (nSPS) is 38.6. The Morgan fingerprint density at radius 1 is 1.55 bits per heavy atom. The number of urea groups is 1. The first-order chi connectivity index (χ1) is 4.89. The molecule has 0 aromatic heterocycles. The summed E-state index contributed by atoms with van der Waals surface area (Å²) in [4.78, 5) is 10.6. The number of nitrogens with zero attached hydrogens (tertiary/aromatic N) is 2. The van der Waals surface area contributed by atoms with Crippen molar-refractivity contribution in [1.29, 1.82) is 0 Å². The van der Waals surface area contributed by atoms with E-state index < -0.39 is 18.0 Å². The molecule has 2 amide bonds. The molecular formula is C4H8N2O5. The van der Waals surface area contributed by atoms with Crippen molar-refractivity contribution >= 4 is 6.03 Å². The van der Waals surface area contributed by atoms with Gasteiger partial charge in [0, 0.05) is 0 Å². The van der Waals surface area contributed by atoms with Crippen molar-refractivity contribution in [3.05, 3.63) is 0 Å². The highest BCUT2D eigenvalue weighted by molar-refractivity contribution is 5.75. The number of hydrogen-bond donors (Lipinski definition) is 4. The molecule has 0 saturated carbocycles. The van der Waals surface area contributed by atoms with E-state index in [2.05, 4.69) is 0 Å². The summed E-state index contributed by atoms with van der Waals surface area (Å²) in [6.07, 6.45) is -1.85. The Labute approximate surface area is 61.6 Å². The Kier molecular flexibility index (Phi) is 1.53. The number of aliphatic hydroxyl groups excluding tert-OH is 1. The van der Waals surface area contributed by atoms with E-state index in [1.807, 2.05) is 0 Å². The zero-order valence-electron chi connectivity index (χ0n) is 5.67. The van der Waals surface area contributed by atoms with E-state index in [1.54, 1.807) is 0 Å². The lowest BCUT2D eigenvalue weighted by atomic mass is 10.2. The molecule has 1 aliphatic rings. The van der Waals surface area contributed by atoms with Gasteiger partial charge in [0.2, 0.25) is 12.0 Å². The molecular weight excluding hydrogens is 156 g/mol. The summed E-state index contributed by atoms with van der Waals surface area (Å²) in [5, 5.41) is 35.0. The van der Waals surface area contributed by atoms with Gasteiger partial charge in [-0.2, -0.15) is 10.1 Å². The van der Waals surface area contributed by atoms with Crippen molar-refractivity contribution in [3.8, 4) is 0 Å². The van der Waals surface area contributed by atoms with Crippen LogP contribution in [0.1, 0.15) is 6.92 Å². The molecule has 1 aliphatic heterocycles. The molecule has 1 rings (SSSR count). The number of amides is 2. The summed E-state index contributed by atoms with van der Waals surface area (Å²) in [5.41, 5.74) is -2.17. The maximum Gasteiger partial charge on any atom is 0.373 e. The minimum Gasteiger partial charge on any atom is -0.367 e. The summed E-state index contributed by atoms with van der Waals surface area (Å²) < 4.78 is 0. The van der Waals surface area contributed by atoms with Crippen molar-refractivity contribution in [2.24, 2.45) is 0 Å². The van der Waals surface area contributed by atoms with Crippen LogP contribution in [0.4, 0.5) is 4.79 Å². The molecule has 11 heavy (non-hydrogen) atoms. The smallest absolute Gasteiger partial charge is 0.367 e. The van der Waals surface area contributed by atoms with Crippen molar-refractivity contribution in [3.63, 3.8) is 0 Å². The fourth-order valence-electron chi connectivity index (χ4n) is 0.736. The number of aliphatic hydroxyl groups is 2. The van der Waals surface area contributed by atoms with E-state index in [9.17, 15) is 4.79 Å². The SMILES string of the molecule is CC1(O)C(O)N(O)C(=O)N1O. The largest absolute Gasteiger partial charge is 0.373 e. The van der Waals surface area contributed by atoms with Gasteiger partial charge in [-0.15, -0.1) is 0 Å². The minimum atomic E-state index is -2.17. The van der Waals surface area contributed by atoms with E-state index in [-0.39, 0.29) is 10.1 Å². The molecule has 1 heterocycles. The second-order valence-corrected chi connectivity index (χ2v) is 2.41. The summed E-state index contributed by atoms with van der Waals surface area (Å²) in [6, 6.07) is -1.28. The van der Waals surface area contributed by atoms with Gasteiger partial charge in [0.1, 0.15) is 0 Å². The van der Waals surface area contributed by atoms with Gasteiger partial charge >= 0.3 is 6.03 Å². The van der Waals surface area contributed by atoms with Gasteiger partial charge in [-0.1, -0.05) is 0 Å². The monoisotopic (exact) mass is 164 g/mol. The molecule has 2 atom stereocenters. The number of carbonyl (C=O) groups excluding carboxylic acids is 1. The van der Waals surface area contributed by atoms with Crippen LogP contribution in [-0.2, 0) is 0 Å². The van der Waals surface area contributed by atoms with Gasteiger partial charge < -0.3 is 10.2 Å². The molecule has 7 heteroatoms. The van der Waals surface area contributed by atoms with Crippen LogP contribution in [0.25, 0.3) is 0 Å². The highest BCUT2D eigenvalue weighted by atomic mass is 16.6. The molecule has 7 nitrogen and oxygen atoms in total. The zero-order valence-corrected chi connectivity index (χ0v) is 5.67. The lowest BCUT2D eigenvalue weighted by molar-refractivity contribution is -0.254. The van der Waals surface area contributed by atoms with Crippen molar-refractivity contribution < 1.29 is 25.4 Å². The highest BCUT2D eigenvalue weighted by Crippen LogP contribution is 2.25. The van der Waals surface area contributed by atoms with Crippen molar-refractivity contribution in [2.75, 3.05) is 0 Å². The third-order valence-corrected chi connectivity index (χ3v) is 1.53. The third-order valence-electron chi connectivity index (χ3n) is 1.53. The van der Waals surface area contributed by atoms with E-state index in [1.165, 1.54) is 0 Å².